The number of aliphatic hydroxyl groups is 1. The van der Waals surface area contributed by atoms with Gasteiger partial charge < -0.3 is 28.8 Å². The van der Waals surface area contributed by atoms with Gasteiger partial charge in [0.05, 0.1) is 37.8 Å². The van der Waals surface area contributed by atoms with Gasteiger partial charge in [-0.05, 0) is 68.7 Å². The molecule has 1 aromatic heterocycles. The SMILES string of the molecule is CCCCCOc1ccc(C2C(=C(O)c3ccc(OCC)cc3)C(=O)C(=O)N2CCCn2ccnc2)cc1OCC. The summed E-state index contributed by atoms with van der Waals surface area (Å²) in [6.45, 7) is 8.36. The molecule has 9 heteroatoms. The zero-order valence-corrected chi connectivity index (χ0v) is 24.0. The highest BCUT2D eigenvalue weighted by Gasteiger charge is 2.46. The van der Waals surface area contributed by atoms with Crippen LogP contribution >= 0.6 is 0 Å². The molecule has 0 spiro atoms. The molecule has 1 atom stereocenters. The first-order valence-corrected chi connectivity index (χ1v) is 14.3. The van der Waals surface area contributed by atoms with Crippen LogP contribution in [0, 0.1) is 0 Å². The van der Waals surface area contributed by atoms with E-state index in [9.17, 15) is 14.7 Å². The number of rotatable bonds is 15. The number of hydrogen-bond acceptors (Lipinski definition) is 7. The van der Waals surface area contributed by atoms with Crippen molar-refractivity contribution in [2.75, 3.05) is 26.4 Å². The summed E-state index contributed by atoms with van der Waals surface area (Å²) in [6.07, 6.45) is 8.96. The standard InChI is InChI=1S/C32H39N3O6/c1-4-7-8-20-41-26-15-12-24(21-27(26)40-6-3)29-28(30(36)23-10-13-25(14-11-23)39-5-2)31(37)32(38)35(29)18-9-17-34-19-16-33-22-34/h10-16,19,21-22,29,36H,4-9,17-18,20H2,1-3H3. The van der Waals surface area contributed by atoms with E-state index in [4.69, 9.17) is 14.2 Å². The fourth-order valence-electron chi connectivity index (χ4n) is 4.95. The summed E-state index contributed by atoms with van der Waals surface area (Å²) in [6, 6.07) is 11.5. The molecule has 3 aromatic rings. The van der Waals surface area contributed by atoms with Gasteiger partial charge in [-0.15, -0.1) is 0 Å². The molecular formula is C32H39N3O6. The van der Waals surface area contributed by atoms with Gasteiger partial charge in [0.25, 0.3) is 11.7 Å². The Bertz CT molecular complexity index is 1330. The van der Waals surface area contributed by atoms with Gasteiger partial charge in [0.1, 0.15) is 11.5 Å². The zero-order valence-electron chi connectivity index (χ0n) is 24.0. The molecule has 4 rings (SSSR count). The Morgan fingerprint density at radius 2 is 1.68 bits per heavy atom. The predicted octanol–water partition coefficient (Wildman–Crippen LogP) is 5.76. The Hall–Kier alpha value is -4.27. The number of ketones is 1. The molecule has 1 saturated heterocycles. The number of Topliss-reactive ketones (excluding diaryl/α,β-unsaturated/α-hetero) is 1. The van der Waals surface area contributed by atoms with Gasteiger partial charge in [-0.1, -0.05) is 25.8 Å². The summed E-state index contributed by atoms with van der Waals surface area (Å²) in [5.74, 6) is 0.192. The molecule has 1 amide bonds. The first kappa shape index (κ1) is 29.7. The highest BCUT2D eigenvalue weighted by molar-refractivity contribution is 6.46. The van der Waals surface area contributed by atoms with Crippen molar-refractivity contribution < 1.29 is 28.9 Å². The normalized spacial score (nSPS) is 16.3. The number of unbranched alkanes of at least 4 members (excludes halogenated alkanes) is 2. The summed E-state index contributed by atoms with van der Waals surface area (Å²) < 4.78 is 19.4. The first-order valence-electron chi connectivity index (χ1n) is 14.3. The van der Waals surface area contributed by atoms with Gasteiger partial charge in [0, 0.05) is 31.0 Å². The fraction of sp³-hybridized carbons (Fsp3) is 0.406. The molecule has 2 heterocycles. The van der Waals surface area contributed by atoms with Crippen LogP contribution in [-0.2, 0) is 16.1 Å². The minimum absolute atomic E-state index is 0.0425. The Balaban J connectivity index is 1.72. The van der Waals surface area contributed by atoms with Crippen LogP contribution in [0.1, 0.15) is 63.6 Å². The number of carbonyl (C=O) groups excluding carboxylic acids is 2. The monoisotopic (exact) mass is 561 g/mol. The number of imidazole rings is 1. The van der Waals surface area contributed by atoms with E-state index in [1.165, 1.54) is 4.90 Å². The molecule has 1 aliphatic rings. The molecule has 1 N–H and O–H groups in total. The number of aryl methyl sites for hydroxylation is 1. The first-order chi connectivity index (χ1) is 20.0. The van der Waals surface area contributed by atoms with Gasteiger partial charge in [-0.2, -0.15) is 0 Å². The van der Waals surface area contributed by atoms with E-state index in [1.807, 2.05) is 42.8 Å². The number of benzene rings is 2. The summed E-state index contributed by atoms with van der Waals surface area (Å²) >= 11 is 0. The number of aliphatic hydroxyl groups excluding tert-OH is 1. The van der Waals surface area contributed by atoms with Crippen LogP contribution < -0.4 is 14.2 Å². The Morgan fingerprint density at radius 3 is 2.37 bits per heavy atom. The van der Waals surface area contributed by atoms with Crippen molar-refractivity contribution in [2.45, 2.75) is 59.0 Å². The van der Waals surface area contributed by atoms with Crippen molar-refractivity contribution in [1.82, 2.24) is 14.5 Å². The number of ether oxygens (including phenoxy) is 3. The third-order valence-corrected chi connectivity index (χ3v) is 6.94. The second-order valence-electron chi connectivity index (χ2n) is 9.80. The van der Waals surface area contributed by atoms with Crippen molar-refractivity contribution in [1.29, 1.82) is 0 Å². The molecule has 1 aliphatic heterocycles. The predicted molar refractivity (Wildman–Crippen MR) is 156 cm³/mol. The van der Waals surface area contributed by atoms with Crippen molar-refractivity contribution in [3.63, 3.8) is 0 Å². The topological polar surface area (TPSA) is 103 Å². The molecule has 9 nitrogen and oxygen atoms in total. The number of carbonyl (C=O) groups is 2. The van der Waals surface area contributed by atoms with E-state index in [1.54, 1.807) is 36.8 Å². The van der Waals surface area contributed by atoms with E-state index >= 15 is 0 Å². The molecule has 1 fully saturated rings. The van der Waals surface area contributed by atoms with Gasteiger partial charge >= 0.3 is 0 Å². The van der Waals surface area contributed by atoms with Crippen LogP contribution in [0.2, 0.25) is 0 Å². The summed E-state index contributed by atoms with van der Waals surface area (Å²) in [5.41, 5.74) is 1.13. The van der Waals surface area contributed by atoms with E-state index in [0.717, 1.165) is 19.3 Å². The van der Waals surface area contributed by atoms with Crippen LogP contribution in [0.4, 0.5) is 0 Å². The second kappa shape index (κ2) is 14.4. The maximum absolute atomic E-state index is 13.5. The molecule has 1 unspecified atom stereocenters. The number of nitrogens with zero attached hydrogens (tertiary/aromatic N) is 3. The quantitative estimate of drug-likeness (QED) is 0.109. The fourth-order valence-corrected chi connectivity index (χ4v) is 4.95. The number of likely N-dealkylation sites (tertiary alicyclic amines) is 1. The van der Waals surface area contributed by atoms with E-state index in [0.29, 0.717) is 67.7 Å². The zero-order chi connectivity index (χ0) is 29.2. The maximum atomic E-state index is 13.5. The van der Waals surface area contributed by atoms with Gasteiger partial charge in [-0.3, -0.25) is 9.59 Å². The molecule has 2 aromatic carbocycles. The smallest absolute Gasteiger partial charge is 0.295 e. The van der Waals surface area contributed by atoms with Crippen molar-refractivity contribution in [3.8, 4) is 17.2 Å². The van der Waals surface area contributed by atoms with Crippen molar-refractivity contribution >= 4 is 17.4 Å². The summed E-state index contributed by atoms with van der Waals surface area (Å²) in [7, 11) is 0. The average Bonchev–Trinajstić information content (AvgIpc) is 3.59. The average molecular weight is 562 g/mol. The van der Waals surface area contributed by atoms with Gasteiger partial charge in [-0.25, -0.2) is 4.98 Å². The molecule has 218 valence electrons. The highest BCUT2D eigenvalue weighted by atomic mass is 16.5. The summed E-state index contributed by atoms with van der Waals surface area (Å²) in [4.78, 5) is 32.4. The molecule has 0 bridgehead atoms. The lowest BCUT2D eigenvalue weighted by Gasteiger charge is -2.26. The second-order valence-corrected chi connectivity index (χ2v) is 9.80. The lowest BCUT2D eigenvalue weighted by atomic mass is 9.95. The molecular weight excluding hydrogens is 522 g/mol. The van der Waals surface area contributed by atoms with Crippen LogP contribution in [0.25, 0.3) is 5.76 Å². The molecule has 0 radical (unpaired) electrons. The number of aromatic nitrogens is 2. The van der Waals surface area contributed by atoms with Crippen molar-refractivity contribution in [3.05, 3.63) is 77.9 Å². The number of amides is 1. The minimum Gasteiger partial charge on any atom is -0.507 e. The molecule has 41 heavy (non-hydrogen) atoms. The Morgan fingerprint density at radius 1 is 0.902 bits per heavy atom. The highest BCUT2D eigenvalue weighted by Crippen LogP contribution is 2.42. The third-order valence-electron chi connectivity index (χ3n) is 6.94. The Labute approximate surface area is 241 Å². The molecule has 0 saturated carbocycles. The largest absolute Gasteiger partial charge is 0.507 e. The van der Waals surface area contributed by atoms with Crippen LogP contribution in [0.5, 0.6) is 17.2 Å². The number of hydrogen-bond donors (Lipinski definition) is 1. The van der Waals surface area contributed by atoms with Gasteiger partial charge in [0.2, 0.25) is 0 Å². The Kier molecular flexibility index (Phi) is 10.4. The van der Waals surface area contributed by atoms with Crippen molar-refractivity contribution in [2.24, 2.45) is 0 Å². The minimum atomic E-state index is -0.794. The van der Waals surface area contributed by atoms with E-state index in [2.05, 4.69) is 11.9 Å². The maximum Gasteiger partial charge on any atom is 0.295 e. The van der Waals surface area contributed by atoms with Gasteiger partial charge in [0.15, 0.2) is 11.5 Å². The lowest BCUT2D eigenvalue weighted by molar-refractivity contribution is -0.139. The van der Waals surface area contributed by atoms with Crippen LogP contribution in [0.15, 0.2) is 66.8 Å². The lowest BCUT2D eigenvalue weighted by Crippen LogP contribution is -2.31. The van der Waals surface area contributed by atoms with Crippen LogP contribution in [0.3, 0.4) is 0 Å². The molecule has 0 aliphatic carbocycles. The van der Waals surface area contributed by atoms with E-state index < -0.39 is 17.7 Å². The summed E-state index contributed by atoms with van der Waals surface area (Å²) in [5, 5.41) is 11.4. The van der Waals surface area contributed by atoms with E-state index in [-0.39, 0.29) is 11.3 Å². The third kappa shape index (κ3) is 7.09. The van der Waals surface area contributed by atoms with Crippen LogP contribution in [-0.4, -0.2) is 57.6 Å².